The van der Waals surface area contributed by atoms with Gasteiger partial charge in [0, 0.05) is 47.4 Å². The Morgan fingerprint density at radius 1 is 1.00 bits per heavy atom. The minimum atomic E-state index is -0.652. The summed E-state index contributed by atoms with van der Waals surface area (Å²) in [5, 5.41) is 3.44. The third-order valence-electron chi connectivity index (χ3n) is 5.46. The monoisotopic (exact) mass is 461 g/mol. The number of hydrogen-bond acceptors (Lipinski definition) is 4. The van der Waals surface area contributed by atoms with Crippen LogP contribution in [0, 0.1) is 5.82 Å². The van der Waals surface area contributed by atoms with E-state index in [4.69, 9.17) is 11.6 Å². The van der Waals surface area contributed by atoms with Gasteiger partial charge < -0.3 is 15.1 Å². The minimum absolute atomic E-state index is 0.218. The molecule has 0 radical (unpaired) electrons. The quantitative estimate of drug-likeness (QED) is 0.698. The molecule has 2 aliphatic rings. The number of thioether (sulfide) groups is 1. The minimum Gasteiger partial charge on any atom is -0.341 e. The summed E-state index contributed by atoms with van der Waals surface area (Å²) in [6.07, 6.45) is 0.719. The van der Waals surface area contributed by atoms with Crippen LogP contribution in [0.5, 0.6) is 0 Å². The van der Waals surface area contributed by atoms with Gasteiger partial charge in [0.2, 0.25) is 0 Å². The molecular weight excluding hydrogens is 441 g/mol. The second-order valence-electron chi connectivity index (χ2n) is 7.44. The van der Waals surface area contributed by atoms with Crippen LogP contribution in [-0.2, 0) is 9.59 Å². The summed E-state index contributed by atoms with van der Waals surface area (Å²) in [5.74, 6) is -1.03. The van der Waals surface area contributed by atoms with Crippen LogP contribution in [-0.4, -0.2) is 59.5 Å². The van der Waals surface area contributed by atoms with Gasteiger partial charge in [-0.3, -0.25) is 14.4 Å². The Morgan fingerprint density at radius 3 is 2.39 bits per heavy atom. The van der Waals surface area contributed by atoms with Gasteiger partial charge >= 0.3 is 11.8 Å². The Bertz CT molecular complexity index is 1010. The lowest BCUT2D eigenvalue weighted by molar-refractivity contribution is -0.147. The summed E-state index contributed by atoms with van der Waals surface area (Å²) in [6, 6.07) is 10.7. The first-order valence-electron chi connectivity index (χ1n) is 9.99. The Balaban J connectivity index is 1.34. The van der Waals surface area contributed by atoms with Gasteiger partial charge in [-0.15, -0.1) is 11.8 Å². The summed E-state index contributed by atoms with van der Waals surface area (Å²) < 4.78 is 13.1. The zero-order chi connectivity index (χ0) is 22.0. The molecule has 0 saturated carbocycles. The first-order valence-corrected chi connectivity index (χ1v) is 11.4. The molecule has 4 rings (SSSR count). The molecule has 6 nitrogen and oxygen atoms in total. The molecule has 1 unspecified atom stereocenters. The van der Waals surface area contributed by atoms with Crippen molar-refractivity contribution in [2.45, 2.75) is 17.4 Å². The summed E-state index contributed by atoms with van der Waals surface area (Å²) in [7, 11) is 0. The van der Waals surface area contributed by atoms with Crippen molar-refractivity contribution in [1.82, 2.24) is 15.1 Å². The van der Waals surface area contributed by atoms with Crippen LogP contribution in [0.4, 0.5) is 4.39 Å². The maximum atomic E-state index is 13.1. The van der Waals surface area contributed by atoms with Gasteiger partial charge in [0.25, 0.3) is 5.91 Å². The molecule has 1 fully saturated rings. The number of rotatable bonds is 2. The SMILES string of the molecule is O=C(NC1CCSc2ccc(Cl)cc21)C(=O)N1CCN(C(=O)c2ccc(F)cc2)CC1. The number of piperazine rings is 1. The number of nitrogens with one attached hydrogen (secondary N) is 1. The van der Waals surface area contributed by atoms with E-state index >= 15 is 0 Å². The highest BCUT2D eigenvalue weighted by atomic mass is 35.5. The number of halogens is 2. The molecule has 2 aromatic rings. The normalized spacial score (nSPS) is 18.3. The molecule has 162 valence electrons. The molecule has 31 heavy (non-hydrogen) atoms. The molecule has 2 aromatic carbocycles. The maximum Gasteiger partial charge on any atom is 0.312 e. The summed E-state index contributed by atoms with van der Waals surface area (Å²) >= 11 is 7.81. The van der Waals surface area contributed by atoms with E-state index in [9.17, 15) is 18.8 Å². The van der Waals surface area contributed by atoms with Crippen LogP contribution >= 0.6 is 23.4 Å². The highest BCUT2D eigenvalue weighted by molar-refractivity contribution is 7.99. The van der Waals surface area contributed by atoms with Crippen LogP contribution in [0.15, 0.2) is 47.4 Å². The fourth-order valence-corrected chi connectivity index (χ4v) is 5.05. The van der Waals surface area contributed by atoms with E-state index in [2.05, 4.69) is 5.32 Å². The van der Waals surface area contributed by atoms with E-state index in [0.717, 1.165) is 22.6 Å². The number of carbonyl (C=O) groups excluding carboxylic acids is 3. The first-order chi connectivity index (χ1) is 14.9. The van der Waals surface area contributed by atoms with Crippen molar-refractivity contribution < 1.29 is 18.8 Å². The Kier molecular flexibility index (Phi) is 6.48. The summed E-state index contributed by atoms with van der Waals surface area (Å²) in [4.78, 5) is 41.9. The fraction of sp³-hybridized carbons (Fsp3) is 0.318. The van der Waals surface area contributed by atoms with Gasteiger partial charge in [0.05, 0.1) is 6.04 Å². The first kappa shape index (κ1) is 21.6. The van der Waals surface area contributed by atoms with Crippen molar-refractivity contribution in [3.63, 3.8) is 0 Å². The predicted octanol–water partition coefficient (Wildman–Crippen LogP) is 3.12. The van der Waals surface area contributed by atoms with Crippen molar-refractivity contribution in [2.75, 3.05) is 31.9 Å². The van der Waals surface area contributed by atoms with Crippen LogP contribution in [0.3, 0.4) is 0 Å². The Hall–Kier alpha value is -2.58. The zero-order valence-corrected chi connectivity index (χ0v) is 18.2. The molecule has 0 spiro atoms. The molecular formula is C22H21ClFN3O3S. The second-order valence-corrected chi connectivity index (χ2v) is 9.01. The van der Waals surface area contributed by atoms with Crippen LogP contribution in [0.2, 0.25) is 5.02 Å². The van der Waals surface area contributed by atoms with Crippen molar-refractivity contribution >= 4 is 41.1 Å². The van der Waals surface area contributed by atoms with E-state index in [-0.39, 0.29) is 25.0 Å². The van der Waals surface area contributed by atoms with E-state index in [1.807, 2.05) is 18.2 Å². The molecule has 9 heteroatoms. The number of hydrogen-bond donors (Lipinski definition) is 1. The third-order valence-corrected chi connectivity index (χ3v) is 6.81. The van der Waals surface area contributed by atoms with Gasteiger partial charge in [0.15, 0.2) is 0 Å². The third kappa shape index (κ3) is 4.85. The maximum absolute atomic E-state index is 13.1. The van der Waals surface area contributed by atoms with Gasteiger partial charge in [-0.2, -0.15) is 0 Å². The second kappa shape index (κ2) is 9.28. The Labute approximate surface area is 188 Å². The molecule has 1 atom stereocenters. The molecule has 1 N–H and O–H groups in total. The average Bonchev–Trinajstić information content (AvgIpc) is 2.79. The summed E-state index contributed by atoms with van der Waals surface area (Å²) in [6.45, 7) is 1.16. The van der Waals surface area contributed by atoms with Crippen molar-refractivity contribution in [1.29, 1.82) is 0 Å². The van der Waals surface area contributed by atoms with Crippen molar-refractivity contribution in [3.8, 4) is 0 Å². The standard InChI is InChI=1S/C22H21ClFN3O3S/c23-15-3-6-19-17(13-15)18(7-12-31-19)25-20(28)22(30)27-10-8-26(9-11-27)21(29)14-1-4-16(24)5-2-14/h1-6,13,18H,7-12H2,(H,25,28). The zero-order valence-electron chi connectivity index (χ0n) is 16.6. The molecule has 1 saturated heterocycles. The van der Waals surface area contributed by atoms with Crippen molar-refractivity contribution in [3.05, 3.63) is 64.4 Å². The number of amides is 3. The van der Waals surface area contributed by atoms with E-state index in [0.29, 0.717) is 23.7 Å². The lowest BCUT2D eigenvalue weighted by atomic mass is 10.0. The molecule has 3 amide bonds. The van der Waals surface area contributed by atoms with Crippen LogP contribution < -0.4 is 5.32 Å². The van der Waals surface area contributed by atoms with Crippen molar-refractivity contribution in [2.24, 2.45) is 0 Å². The van der Waals surface area contributed by atoms with E-state index in [1.54, 1.807) is 16.7 Å². The number of carbonyl (C=O) groups is 3. The topological polar surface area (TPSA) is 69.7 Å². The molecule has 2 aliphatic heterocycles. The highest BCUT2D eigenvalue weighted by Crippen LogP contribution is 2.37. The molecule has 0 bridgehead atoms. The molecule has 0 aromatic heterocycles. The van der Waals surface area contributed by atoms with E-state index < -0.39 is 17.6 Å². The average molecular weight is 462 g/mol. The summed E-state index contributed by atoms with van der Waals surface area (Å²) in [5.41, 5.74) is 1.33. The number of fused-ring (bicyclic) bond motifs is 1. The number of benzene rings is 2. The molecule has 0 aliphatic carbocycles. The van der Waals surface area contributed by atoms with Gasteiger partial charge in [-0.05, 0) is 54.4 Å². The van der Waals surface area contributed by atoms with Gasteiger partial charge in [0.1, 0.15) is 5.82 Å². The van der Waals surface area contributed by atoms with Gasteiger partial charge in [-0.25, -0.2) is 4.39 Å². The molecule has 2 heterocycles. The Morgan fingerprint density at radius 2 is 1.68 bits per heavy atom. The fourth-order valence-electron chi connectivity index (χ4n) is 3.77. The largest absolute Gasteiger partial charge is 0.341 e. The van der Waals surface area contributed by atoms with Gasteiger partial charge in [-0.1, -0.05) is 11.6 Å². The number of nitrogens with zero attached hydrogens (tertiary/aromatic N) is 2. The lowest BCUT2D eigenvalue weighted by Gasteiger charge is -2.35. The van der Waals surface area contributed by atoms with E-state index in [1.165, 1.54) is 29.2 Å². The predicted molar refractivity (Wildman–Crippen MR) is 117 cm³/mol. The smallest absolute Gasteiger partial charge is 0.312 e. The van der Waals surface area contributed by atoms with Crippen LogP contribution in [0.25, 0.3) is 0 Å². The highest BCUT2D eigenvalue weighted by Gasteiger charge is 2.31. The lowest BCUT2D eigenvalue weighted by Crippen LogP contribution is -2.54. The van der Waals surface area contributed by atoms with Crippen LogP contribution in [0.1, 0.15) is 28.4 Å².